The average molecular weight is 339 g/mol. The number of ether oxygens (including phenoxy) is 1. The number of rotatable bonds is 5. The zero-order chi connectivity index (χ0) is 18.2. The third-order valence-electron chi connectivity index (χ3n) is 3.52. The Morgan fingerprint density at radius 3 is 2.44 bits per heavy atom. The van der Waals surface area contributed by atoms with Crippen LogP contribution in [0.4, 0.5) is 5.69 Å². The summed E-state index contributed by atoms with van der Waals surface area (Å²) in [6.45, 7) is 4.23. The van der Waals surface area contributed by atoms with Crippen LogP contribution in [-0.2, 0) is 9.59 Å². The van der Waals surface area contributed by atoms with Crippen molar-refractivity contribution in [1.82, 2.24) is 5.43 Å². The van der Waals surface area contributed by atoms with E-state index in [-0.39, 0.29) is 0 Å². The molecule has 0 heterocycles. The van der Waals surface area contributed by atoms with Crippen molar-refractivity contribution in [3.8, 4) is 5.75 Å². The molecule has 0 saturated heterocycles. The number of carbonyl (C=O) groups is 2. The van der Waals surface area contributed by atoms with E-state index in [0.717, 1.165) is 5.56 Å². The lowest BCUT2D eigenvalue weighted by Crippen LogP contribution is -2.32. The van der Waals surface area contributed by atoms with Gasteiger partial charge in [-0.2, -0.15) is 5.10 Å². The molecule has 0 radical (unpaired) electrons. The summed E-state index contributed by atoms with van der Waals surface area (Å²) in [4.78, 5) is 23.6. The molecule has 2 N–H and O–H groups in total. The third kappa shape index (κ3) is 5.46. The van der Waals surface area contributed by atoms with Gasteiger partial charge >= 0.3 is 11.8 Å². The van der Waals surface area contributed by atoms with E-state index < -0.39 is 11.8 Å². The van der Waals surface area contributed by atoms with Crippen LogP contribution in [0.1, 0.15) is 30.9 Å². The summed E-state index contributed by atoms with van der Waals surface area (Å²) in [5.41, 5.74) is 4.72. The molecule has 0 aliphatic carbocycles. The zero-order valence-electron chi connectivity index (χ0n) is 14.4. The molecule has 0 saturated carbocycles. The van der Waals surface area contributed by atoms with Crippen LogP contribution in [0, 0.1) is 0 Å². The molecule has 2 amide bonds. The molecule has 25 heavy (non-hydrogen) atoms. The van der Waals surface area contributed by atoms with Crippen molar-refractivity contribution in [2.75, 3.05) is 12.4 Å². The second-order valence-electron chi connectivity index (χ2n) is 5.71. The Bertz CT molecular complexity index is 768. The van der Waals surface area contributed by atoms with Crippen LogP contribution in [-0.4, -0.2) is 25.1 Å². The molecule has 6 nitrogen and oxygen atoms in total. The monoisotopic (exact) mass is 339 g/mol. The number of nitrogens with zero attached hydrogens (tertiary/aromatic N) is 1. The van der Waals surface area contributed by atoms with Crippen molar-refractivity contribution in [3.63, 3.8) is 0 Å². The van der Waals surface area contributed by atoms with Gasteiger partial charge in [0.25, 0.3) is 0 Å². The molecule has 0 fully saturated rings. The van der Waals surface area contributed by atoms with E-state index >= 15 is 0 Å². The quantitative estimate of drug-likeness (QED) is 0.499. The summed E-state index contributed by atoms with van der Waals surface area (Å²) in [6.07, 6.45) is 1.49. The van der Waals surface area contributed by atoms with Gasteiger partial charge in [-0.3, -0.25) is 9.59 Å². The van der Waals surface area contributed by atoms with Gasteiger partial charge in [0, 0.05) is 11.8 Å². The molecule has 0 unspecified atom stereocenters. The highest BCUT2D eigenvalue weighted by Crippen LogP contribution is 2.16. The predicted molar refractivity (Wildman–Crippen MR) is 97.9 cm³/mol. The van der Waals surface area contributed by atoms with Gasteiger partial charge in [-0.15, -0.1) is 0 Å². The fourth-order valence-corrected chi connectivity index (χ4v) is 2.07. The third-order valence-corrected chi connectivity index (χ3v) is 3.52. The maximum Gasteiger partial charge on any atom is 0.329 e. The molecular weight excluding hydrogens is 318 g/mol. The van der Waals surface area contributed by atoms with E-state index in [1.54, 1.807) is 24.3 Å². The minimum absolute atomic E-state index is 0.450. The zero-order valence-corrected chi connectivity index (χ0v) is 14.4. The number of carbonyl (C=O) groups excluding carboxylic acids is 2. The van der Waals surface area contributed by atoms with E-state index in [4.69, 9.17) is 4.74 Å². The number of hydrogen-bond donors (Lipinski definition) is 2. The molecule has 0 bridgehead atoms. The highest BCUT2D eigenvalue weighted by Gasteiger charge is 2.13. The van der Waals surface area contributed by atoms with Gasteiger partial charge in [-0.05, 0) is 29.2 Å². The second-order valence-corrected chi connectivity index (χ2v) is 5.71. The SMILES string of the molecule is COc1cccc(NC(=O)C(=O)N/N=C\c2ccc(C(C)C)cc2)c1. The van der Waals surface area contributed by atoms with Crippen molar-refractivity contribution in [1.29, 1.82) is 0 Å². The summed E-state index contributed by atoms with van der Waals surface area (Å²) in [7, 11) is 1.52. The van der Waals surface area contributed by atoms with Crippen LogP contribution in [0.3, 0.4) is 0 Å². The molecule has 2 aromatic carbocycles. The Hall–Kier alpha value is -3.15. The molecule has 0 spiro atoms. The minimum Gasteiger partial charge on any atom is -0.497 e. The van der Waals surface area contributed by atoms with E-state index in [0.29, 0.717) is 17.4 Å². The van der Waals surface area contributed by atoms with E-state index in [1.807, 2.05) is 24.3 Å². The van der Waals surface area contributed by atoms with Gasteiger partial charge in [0.15, 0.2) is 0 Å². The number of hydrazone groups is 1. The highest BCUT2D eigenvalue weighted by atomic mass is 16.5. The Labute approximate surface area is 146 Å². The van der Waals surface area contributed by atoms with Crippen LogP contribution < -0.4 is 15.5 Å². The highest BCUT2D eigenvalue weighted by molar-refractivity contribution is 6.39. The number of amides is 2. The Kier molecular flexibility index (Phi) is 6.28. The molecule has 0 aromatic heterocycles. The van der Waals surface area contributed by atoms with Crippen LogP contribution in [0.25, 0.3) is 0 Å². The topological polar surface area (TPSA) is 79.8 Å². The Morgan fingerprint density at radius 2 is 1.80 bits per heavy atom. The fourth-order valence-electron chi connectivity index (χ4n) is 2.07. The second kappa shape index (κ2) is 8.63. The lowest BCUT2D eigenvalue weighted by atomic mass is 10.0. The van der Waals surface area contributed by atoms with Gasteiger partial charge in [-0.25, -0.2) is 5.43 Å². The van der Waals surface area contributed by atoms with Crippen molar-refractivity contribution in [2.45, 2.75) is 19.8 Å². The number of anilines is 1. The first kappa shape index (κ1) is 18.2. The van der Waals surface area contributed by atoms with Crippen molar-refractivity contribution in [3.05, 3.63) is 59.7 Å². The van der Waals surface area contributed by atoms with Crippen LogP contribution >= 0.6 is 0 Å². The number of nitrogens with one attached hydrogen (secondary N) is 2. The first-order chi connectivity index (χ1) is 12.0. The van der Waals surface area contributed by atoms with Crippen molar-refractivity contribution in [2.24, 2.45) is 5.10 Å². The molecule has 2 aromatic rings. The molecule has 0 aliphatic heterocycles. The lowest BCUT2D eigenvalue weighted by Gasteiger charge is -2.06. The van der Waals surface area contributed by atoms with Crippen molar-refractivity contribution >= 4 is 23.7 Å². The molecule has 2 rings (SSSR count). The smallest absolute Gasteiger partial charge is 0.329 e. The van der Waals surface area contributed by atoms with E-state index in [2.05, 4.69) is 29.7 Å². The number of benzene rings is 2. The maximum absolute atomic E-state index is 11.8. The van der Waals surface area contributed by atoms with E-state index in [9.17, 15) is 9.59 Å². The number of hydrogen-bond acceptors (Lipinski definition) is 4. The largest absolute Gasteiger partial charge is 0.497 e. The minimum atomic E-state index is -0.849. The summed E-state index contributed by atoms with van der Waals surface area (Å²) >= 11 is 0. The Morgan fingerprint density at radius 1 is 1.08 bits per heavy atom. The van der Waals surface area contributed by atoms with Crippen molar-refractivity contribution < 1.29 is 14.3 Å². The summed E-state index contributed by atoms with van der Waals surface area (Å²) in [5.74, 6) is -0.620. The standard InChI is InChI=1S/C19H21N3O3/c1-13(2)15-9-7-14(8-10-15)12-20-22-19(24)18(23)21-16-5-4-6-17(11-16)25-3/h4-13H,1-3H3,(H,21,23)(H,22,24)/b20-12-. The van der Waals surface area contributed by atoms with E-state index in [1.165, 1.54) is 18.9 Å². The summed E-state index contributed by atoms with van der Waals surface area (Å²) in [6, 6.07) is 14.5. The fraction of sp³-hybridized carbons (Fsp3) is 0.211. The van der Waals surface area contributed by atoms with Gasteiger partial charge in [-0.1, -0.05) is 44.2 Å². The Balaban J connectivity index is 1.89. The van der Waals surface area contributed by atoms with Gasteiger partial charge < -0.3 is 10.1 Å². The van der Waals surface area contributed by atoms with Crippen LogP contribution in [0.5, 0.6) is 5.75 Å². The van der Waals surface area contributed by atoms with Gasteiger partial charge in [0.2, 0.25) is 0 Å². The summed E-state index contributed by atoms with van der Waals surface area (Å²) < 4.78 is 5.06. The first-order valence-electron chi connectivity index (χ1n) is 7.88. The lowest BCUT2D eigenvalue weighted by molar-refractivity contribution is -0.136. The van der Waals surface area contributed by atoms with Crippen LogP contribution in [0.2, 0.25) is 0 Å². The molecular formula is C19H21N3O3. The predicted octanol–water partition coefficient (Wildman–Crippen LogP) is 2.91. The van der Waals surface area contributed by atoms with Gasteiger partial charge in [0.05, 0.1) is 13.3 Å². The number of methoxy groups -OCH3 is 1. The summed E-state index contributed by atoms with van der Waals surface area (Å²) in [5, 5.41) is 6.28. The molecule has 130 valence electrons. The molecule has 0 aliphatic rings. The molecule has 0 atom stereocenters. The normalized spacial score (nSPS) is 10.7. The first-order valence-corrected chi connectivity index (χ1v) is 7.88. The molecule has 6 heteroatoms. The van der Waals surface area contributed by atoms with Gasteiger partial charge in [0.1, 0.15) is 5.75 Å². The average Bonchev–Trinajstić information content (AvgIpc) is 2.62. The maximum atomic E-state index is 11.8. The van der Waals surface area contributed by atoms with Crippen LogP contribution in [0.15, 0.2) is 53.6 Å².